The van der Waals surface area contributed by atoms with Gasteiger partial charge in [0.2, 0.25) is 10.0 Å². The van der Waals surface area contributed by atoms with E-state index in [1.807, 2.05) is 20.8 Å². The van der Waals surface area contributed by atoms with Crippen LogP contribution in [0.15, 0.2) is 14.5 Å². The second kappa shape index (κ2) is 5.60. The number of hydrogen-bond donors (Lipinski definition) is 1. The van der Waals surface area contributed by atoms with Crippen molar-refractivity contribution in [3.63, 3.8) is 0 Å². The van der Waals surface area contributed by atoms with Crippen molar-refractivity contribution in [3.05, 3.63) is 11.6 Å². The van der Waals surface area contributed by atoms with Crippen molar-refractivity contribution < 1.29 is 12.6 Å². The Bertz CT molecular complexity index is 519. The number of thiophene rings is 1. The number of nitrogens with two attached hydrogens (primary N) is 1. The van der Waals surface area contributed by atoms with Crippen LogP contribution in [0, 0.1) is 0 Å². The van der Waals surface area contributed by atoms with Crippen LogP contribution < -0.4 is 5.14 Å². The Labute approximate surface area is 109 Å². The fraction of sp³-hybridized carbons (Fsp3) is 0.600. The lowest BCUT2D eigenvalue weighted by Crippen LogP contribution is -2.17. The lowest BCUT2D eigenvalue weighted by atomic mass is 10.1. The minimum absolute atomic E-state index is 0.101. The van der Waals surface area contributed by atoms with Crippen molar-refractivity contribution in [2.24, 2.45) is 5.14 Å². The summed E-state index contributed by atoms with van der Waals surface area (Å²) in [5.41, 5.74) is 0.875. The van der Waals surface area contributed by atoms with Crippen LogP contribution in [-0.4, -0.2) is 17.9 Å². The quantitative estimate of drug-likeness (QED) is 0.859. The number of aryl methyl sites for hydroxylation is 1. The average molecular weight is 295 g/mol. The summed E-state index contributed by atoms with van der Waals surface area (Å²) < 4.78 is 34.9. The molecule has 0 aromatic carbocycles. The van der Waals surface area contributed by atoms with Crippen molar-refractivity contribution in [3.8, 4) is 0 Å². The standard InChI is InChI=1S/C8H11NO3S3.C2H6/c1-5-2-3-6-4-7(15(9,11)12)13-8(6)14(5)10;1-2/h4-5H,2-3H2,1H3,(H2,9,11,12);1-2H3. The summed E-state index contributed by atoms with van der Waals surface area (Å²) in [5, 5.41) is 5.13. The molecular formula is C10H17NO3S3. The van der Waals surface area contributed by atoms with E-state index in [9.17, 15) is 12.6 Å². The first-order valence-electron chi connectivity index (χ1n) is 5.45. The Morgan fingerprint density at radius 1 is 1.47 bits per heavy atom. The Morgan fingerprint density at radius 2 is 2.06 bits per heavy atom. The zero-order chi connectivity index (χ0) is 13.2. The number of sulfonamides is 1. The summed E-state index contributed by atoms with van der Waals surface area (Å²) >= 11 is 1.04. The lowest BCUT2D eigenvalue weighted by molar-refractivity contribution is 0.599. The minimum Gasteiger partial charge on any atom is -0.253 e. The molecule has 4 nitrogen and oxygen atoms in total. The van der Waals surface area contributed by atoms with E-state index in [4.69, 9.17) is 5.14 Å². The maximum Gasteiger partial charge on any atom is 0.247 e. The monoisotopic (exact) mass is 295 g/mol. The summed E-state index contributed by atoms with van der Waals surface area (Å²) in [6.07, 6.45) is 1.62. The van der Waals surface area contributed by atoms with Gasteiger partial charge in [0.15, 0.2) is 0 Å². The van der Waals surface area contributed by atoms with Gasteiger partial charge in [0, 0.05) is 5.25 Å². The van der Waals surface area contributed by atoms with Crippen molar-refractivity contribution >= 4 is 32.2 Å². The van der Waals surface area contributed by atoms with E-state index in [0.717, 1.165) is 29.7 Å². The van der Waals surface area contributed by atoms with Gasteiger partial charge in [-0.25, -0.2) is 13.6 Å². The van der Waals surface area contributed by atoms with Gasteiger partial charge in [-0.3, -0.25) is 4.21 Å². The summed E-state index contributed by atoms with van der Waals surface area (Å²) in [7, 11) is -4.73. The smallest absolute Gasteiger partial charge is 0.247 e. The zero-order valence-electron chi connectivity index (χ0n) is 10.1. The van der Waals surface area contributed by atoms with Gasteiger partial charge in [0.25, 0.3) is 0 Å². The highest BCUT2D eigenvalue weighted by Gasteiger charge is 2.27. The number of primary sulfonamides is 1. The molecule has 2 unspecified atom stereocenters. The topological polar surface area (TPSA) is 77.2 Å². The molecule has 0 amide bonds. The van der Waals surface area contributed by atoms with Crippen LogP contribution in [0.3, 0.4) is 0 Å². The average Bonchev–Trinajstić information content (AvgIpc) is 2.71. The molecule has 2 rings (SSSR count). The van der Waals surface area contributed by atoms with Crippen LogP contribution in [0.1, 0.15) is 32.8 Å². The molecule has 0 spiro atoms. The third-order valence-corrected chi connectivity index (χ3v) is 7.13. The van der Waals surface area contributed by atoms with Crippen LogP contribution in [0.25, 0.3) is 0 Å². The Morgan fingerprint density at radius 3 is 2.59 bits per heavy atom. The van der Waals surface area contributed by atoms with Gasteiger partial charge in [0.1, 0.15) is 4.21 Å². The van der Waals surface area contributed by atoms with Gasteiger partial charge in [-0.05, 0) is 24.5 Å². The third-order valence-electron chi connectivity index (χ3n) is 2.40. The molecule has 1 aromatic heterocycles. The maximum atomic E-state index is 11.8. The van der Waals surface area contributed by atoms with E-state index >= 15 is 0 Å². The van der Waals surface area contributed by atoms with Gasteiger partial charge in [-0.15, -0.1) is 11.3 Å². The molecule has 0 saturated carbocycles. The molecule has 1 aromatic rings. The Balaban J connectivity index is 0.000000686. The fourth-order valence-electron chi connectivity index (χ4n) is 1.52. The van der Waals surface area contributed by atoms with E-state index in [-0.39, 0.29) is 9.46 Å². The SMILES string of the molecule is CC.CC1CCc2cc(S(N)(=O)=O)sc2S1=O. The van der Waals surface area contributed by atoms with Crippen LogP contribution >= 0.6 is 11.3 Å². The van der Waals surface area contributed by atoms with Gasteiger partial charge >= 0.3 is 0 Å². The highest BCUT2D eigenvalue weighted by Crippen LogP contribution is 2.35. The molecule has 0 fully saturated rings. The number of fused-ring (bicyclic) bond motifs is 1. The lowest BCUT2D eigenvalue weighted by Gasteiger charge is -2.16. The first-order chi connectivity index (χ1) is 7.89. The van der Waals surface area contributed by atoms with Crippen LogP contribution in [0.5, 0.6) is 0 Å². The van der Waals surface area contributed by atoms with E-state index < -0.39 is 20.8 Å². The van der Waals surface area contributed by atoms with Gasteiger partial charge < -0.3 is 0 Å². The van der Waals surface area contributed by atoms with E-state index in [1.54, 1.807) is 6.07 Å². The molecule has 0 aliphatic carbocycles. The van der Waals surface area contributed by atoms with Crippen molar-refractivity contribution in [1.29, 1.82) is 0 Å². The van der Waals surface area contributed by atoms with E-state index in [1.165, 1.54) is 0 Å². The largest absolute Gasteiger partial charge is 0.253 e. The highest BCUT2D eigenvalue weighted by atomic mass is 32.3. The van der Waals surface area contributed by atoms with Gasteiger partial charge in [-0.1, -0.05) is 20.8 Å². The van der Waals surface area contributed by atoms with Gasteiger partial charge in [0.05, 0.1) is 15.0 Å². The van der Waals surface area contributed by atoms with Crippen LogP contribution in [-0.2, 0) is 27.2 Å². The molecule has 2 heterocycles. The molecular weight excluding hydrogens is 278 g/mol. The summed E-state index contributed by atoms with van der Waals surface area (Å²) in [4.78, 5) is 0. The molecule has 17 heavy (non-hydrogen) atoms. The minimum atomic E-state index is -3.65. The normalized spacial score (nSPS) is 23.5. The predicted molar refractivity (Wildman–Crippen MR) is 71.2 cm³/mol. The molecule has 0 saturated heterocycles. The van der Waals surface area contributed by atoms with Crippen molar-refractivity contribution in [2.45, 2.75) is 47.3 Å². The second-order valence-corrected chi connectivity index (χ2v) is 8.48. The number of rotatable bonds is 1. The molecule has 7 heteroatoms. The fourth-order valence-corrected chi connectivity index (χ4v) is 5.58. The Hall–Kier alpha value is -0.240. The first-order valence-corrected chi connectivity index (χ1v) is 9.03. The van der Waals surface area contributed by atoms with Crippen LogP contribution in [0.2, 0.25) is 0 Å². The summed E-state index contributed by atoms with van der Waals surface area (Å²) in [6, 6.07) is 1.55. The zero-order valence-corrected chi connectivity index (χ0v) is 12.5. The first kappa shape index (κ1) is 14.8. The van der Waals surface area contributed by atoms with Crippen LogP contribution in [0.4, 0.5) is 0 Å². The van der Waals surface area contributed by atoms with E-state index in [0.29, 0.717) is 4.21 Å². The third kappa shape index (κ3) is 3.15. The van der Waals surface area contributed by atoms with E-state index in [2.05, 4.69) is 0 Å². The number of hydrogen-bond acceptors (Lipinski definition) is 4. The van der Waals surface area contributed by atoms with Crippen molar-refractivity contribution in [2.75, 3.05) is 0 Å². The summed E-state index contributed by atoms with van der Waals surface area (Å²) in [5.74, 6) is 0. The molecule has 1 aliphatic heterocycles. The molecule has 2 atom stereocenters. The van der Waals surface area contributed by atoms with Gasteiger partial charge in [-0.2, -0.15) is 0 Å². The maximum absolute atomic E-state index is 11.8. The Kier molecular flexibility index (Phi) is 4.88. The highest BCUT2D eigenvalue weighted by molar-refractivity contribution is 7.92. The molecule has 0 radical (unpaired) electrons. The summed E-state index contributed by atoms with van der Waals surface area (Å²) in [6.45, 7) is 5.91. The molecule has 98 valence electrons. The second-order valence-electron chi connectivity index (χ2n) is 3.57. The van der Waals surface area contributed by atoms with Crippen molar-refractivity contribution in [1.82, 2.24) is 0 Å². The molecule has 0 bridgehead atoms. The predicted octanol–water partition coefficient (Wildman–Crippen LogP) is 1.86. The molecule has 2 N–H and O–H groups in total. The molecule has 1 aliphatic rings.